The van der Waals surface area contributed by atoms with Crippen molar-refractivity contribution in [2.75, 3.05) is 0 Å². The average molecular weight is 554 g/mol. The van der Waals surface area contributed by atoms with Crippen molar-refractivity contribution in [2.45, 2.75) is 110 Å². The molecule has 0 saturated heterocycles. The van der Waals surface area contributed by atoms with Crippen LogP contribution in [-0.4, -0.2) is 20.7 Å². The molecule has 218 valence electrons. The molecule has 0 aliphatic rings. The molecule has 0 aliphatic heterocycles. The molecule has 0 spiro atoms. The van der Waals surface area contributed by atoms with Gasteiger partial charge in [0.1, 0.15) is 11.5 Å². The van der Waals surface area contributed by atoms with Crippen LogP contribution in [-0.2, 0) is 6.42 Å². The van der Waals surface area contributed by atoms with Crippen LogP contribution < -0.4 is 5.56 Å². The highest BCUT2D eigenvalue weighted by Crippen LogP contribution is 2.31. The monoisotopic (exact) mass is 553 g/mol. The van der Waals surface area contributed by atoms with Crippen LogP contribution in [0.15, 0.2) is 65.5 Å². The van der Waals surface area contributed by atoms with E-state index in [4.69, 9.17) is 4.98 Å². The summed E-state index contributed by atoms with van der Waals surface area (Å²) in [5.41, 5.74) is 2.68. The number of carbonyl (C=O) groups excluding carboxylic acids is 1. The number of aromatic nitrogens is 3. The zero-order chi connectivity index (χ0) is 28.7. The van der Waals surface area contributed by atoms with E-state index in [1.807, 2.05) is 48.5 Å². The Morgan fingerprint density at radius 2 is 1.17 bits per heavy atom. The first-order valence-corrected chi connectivity index (χ1v) is 16.0. The Balaban J connectivity index is 1.27. The van der Waals surface area contributed by atoms with Gasteiger partial charge in [0.15, 0.2) is 0 Å². The van der Waals surface area contributed by atoms with Crippen LogP contribution >= 0.6 is 0 Å². The molecule has 0 radical (unpaired) electrons. The van der Waals surface area contributed by atoms with Crippen molar-refractivity contribution in [2.24, 2.45) is 0 Å². The van der Waals surface area contributed by atoms with E-state index in [2.05, 4.69) is 16.9 Å². The van der Waals surface area contributed by atoms with Crippen LogP contribution in [0.4, 0.5) is 0 Å². The largest absolute Gasteiger partial charge is 0.336 e. The molecule has 2 aromatic heterocycles. The molecule has 4 aromatic rings. The van der Waals surface area contributed by atoms with Crippen LogP contribution in [0.25, 0.3) is 22.2 Å². The molecule has 5 heteroatoms. The number of carbonyl (C=O) groups is 1. The highest BCUT2D eigenvalue weighted by Gasteiger charge is 2.23. The molecule has 0 saturated carbocycles. The Hall–Kier alpha value is -3.47. The van der Waals surface area contributed by atoms with E-state index >= 15 is 0 Å². The smallest absolute Gasteiger partial charge is 0.261 e. The number of nitrogens with zero attached hydrogens (tertiary/aromatic N) is 1. The second-order valence-corrected chi connectivity index (χ2v) is 11.4. The van der Waals surface area contributed by atoms with Crippen LogP contribution in [0.5, 0.6) is 0 Å². The second kappa shape index (κ2) is 16.7. The van der Waals surface area contributed by atoms with Crippen molar-refractivity contribution in [3.63, 3.8) is 0 Å². The molecule has 5 nitrogen and oxygen atoms in total. The third-order valence-corrected chi connectivity index (χ3v) is 8.05. The molecule has 41 heavy (non-hydrogen) atoms. The molecule has 0 atom stereocenters. The van der Waals surface area contributed by atoms with Crippen LogP contribution in [0, 0.1) is 0 Å². The standard InChI is InChI=1S/C36H47N3O2/c1-2-3-4-5-6-7-8-9-10-11-12-13-14-15-22-27-30-37-35-32(36(41)38-30)31(28-23-18-16-19-24-28)33(39-35)34(40)29-25-20-17-21-26-29/h16-21,23-26H,2-15,22,27H2,1H3,(H2,37,38,39,41). The van der Waals surface area contributed by atoms with E-state index in [9.17, 15) is 9.59 Å². The van der Waals surface area contributed by atoms with Crippen molar-refractivity contribution in [1.29, 1.82) is 0 Å². The first kappa shape index (κ1) is 30.5. The lowest BCUT2D eigenvalue weighted by molar-refractivity contribution is 0.103. The number of H-pyrrole nitrogens is 2. The lowest BCUT2D eigenvalue weighted by atomic mass is 9.98. The Morgan fingerprint density at radius 3 is 1.73 bits per heavy atom. The van der Waals surface area contributed by atoms with Crippen molar-refractivity contribution >= 4 is 16.8 Å². The normalized spacial score (nSPS) is 11.3. The summed E-state index contributed by atoms with van der Waals surface area (Å²) in [5, 5.41) is 0.440. The third kappa shape index (κ3) is 9.01. The SMILES string of the molecule is CCCCCCCCCCCCCCCCCc1nc2[nH]c(C(=O)c3ccccc3)c(-c3ccccc3)c2c(=O)[nH]1. The van der Waals surface area contributed by atoms with Gasteiger partial charge in [-0.2, -0.15) is 0 Å². The van der Waals surface area contributed by atoms with E-state index in [1.54, 1.807) is 12.1 Å². The van der Waals surface area contributed by atoms with E-state index in [0.717, 1.165) is 24.8 Å². The summed E-state index contributed by atoms with van der Waals surface area (Å²) in [4.78, 5) is 37.7. The molecule has 2 aromatic carbocycles. The molecule has 0 unspecified atom stereocenters. The van der Waals surface area contributed by atoms with Gasteiger partial charge in [0, 0.05) is 17.5 Å². The molecule has 2 N–H and O–H groups in total. The zero-order valence-electron chi connectivity index (χ0n) is 24.9. The summed E-state index contributed by atoms with van der Waals surface area (Å²) in [6.45, 7) is 2.28. The van der Waals surface area contributed by atoms with E-state index in [1.165, 1.54) is 83.5 Å². The minimum atomic E-state index is -0.201. The Labute approximate surface area is 245 Å². The fourth-order valence-corrected chi connectivity index (χ4v) is 5.73. The average Bonchev–Trinajstić information content (AvgIpc) is 3.40. The molecule has 0 amide bonds. The van der Waals surface area contributed by atoms with Gasteiger partial charge in [-0.25, -0.2) is 4.98 Å². The third-order valence-electron chi connectivity index (χ3n) is 8.05. The van der Waals surface area contributed by atoms with Gasteiger partial charge in [-0.15, -0.1) is 0 Å². The van der Waals surface area contributed by atoms with E-state index < -0.39 is 0 Å². The highest BCUT2D eigenvalue weighted by molar-refractivity contribution is 6.16. The fourth-order valence-electron chi connectivity index (χ4n) is 5.73. The lowest BCUT2D eigenvalue weighted by Gasteiger charge is -2.05. The maximum atomic E-state index is 13.5. The van der Waals surface area contributed by atoms with Gasteiger partial charge in [-0.3, -0.25) is 9.59 Å². The summed E-state index contributed by atoms with van der Waals surface area (Å²) < 4.78 is 0. The van der Waals surface area contributed by atoms with Gasteiger partial charge >= 0.3 is 0 Å². The lowest BCUT2D eigenvalue weighted by Crippen LogP contribution is -2.12. The van der Waals surface area contributed by atoms with Gasteiger partial charge in [-0.1, -0.05) is 157 Å². The number of unbranched alkanes of at least 4 members (excludes halogenated alkanes) is 14. The maximum absolute atomic E-state index is 13.5. The summed E-state index contributed by atoms with van der Waals surface area (Å²) in [6.07, 6.45) is 20.6. The van der Waals surface area contributed by atoms with Crippen LogP contribution in [0.3, 0.4) is 0 Å². The molecular formula is C36H47N3O2. The number of hydrogen-bond acceptors (Lipinski definition) is 3. The summed E-state index contributed by atoms with van der Waals surface area (Å²) >= 11 is 0. The quantitative estimate of drug-likeness (QED) is 0.0896. The molecule has 0 aliphatic carbocycles. The molecular weight excluding hydrogens is 506 g/mol. The predicted molar refractivity (Wildman–Crippen MR) is 171 cm³/mol. The second-order valence-electron chi connectivity index (χ2n) is 11.4. The van der Waals surface area contributed by atoms with Gasteiger partial charge < -0.3 is 9.97 Å². The Kier molecular flexibility index (Phi) is 12.4. The Bertz CT molecular complexity index is 1390. The highest BCUT2D eigenvalue weighted by atomic mass is 16.1. The number of ketones is 1. The summed E-state index contributed by atoms with van der Waals surface area (Å²) in [6, 6.07) is 18.8. The minimum Gasteiger partial charge on any atom is -0.336 e. The topological polar surface area (TPSA) is 78.6 Å². The number of aromatic amines is 2. The van der Waals surface area contributed by atoms with Crippen molar-refractivity contribution in [3.05, 3.63) is 88.1 Å². The van der Waals surface area contributed by atoms with Gasteiger partial charge in [0.2, 0.25) is 5.78 Å². The first-order valence-electron chi connectivity index (χ1n) is 16.0. The number of rotatable bonds is 19. The number of hydrogen-bond donors (Lipinski definition) is 2. The fraction of sp³-hybridized carbons (Fsp3) is 0.472. The molecule has 4 rings (SSSR count). The van der Waals surface area contributed by atoms with Gasteiger partial charge in [0.25, 0.3) is 5.56 Å². The number of nitrogens with one attached hydrogen (secondary N) is 2. The summed E-state index contributed by atoms with van der Waals surface area (Å²) in [5.74, 6) is 0.530. The van der Waals surface area contributed by atoms with Crippen LogP contribution in [0.1, 0.15) is 125 Å². The van der Waals surface area contributed by atoms with E-state index in [-0.39, 0.29) is 11.3 Å². The zero-order valence-corrected chi connectivity index (χ0v) is 24.9. The van der Waals surface area contributed by atoms with Gasteiger partial charge in [0.05, 0.1) is 11.1 Å². The number of aryl methyl sites for hydroxylation is 1. The maximum Gasteiger partial charge on any atom is 0.261 e. The number of fused-ring (bicyclic) bond motifs is 1. The molecule has 0 bridgehead atoms. The van der Waals surface area contributed by atoms with Crippen molar-refractivity contribution in [1.82, 2.24) is 15.0 Å². The van der Waals surface area contributed by atoms with Crippen molar-refractivity contribution < 1.29 is 4.79 Å². The molecule has 2 heterocycles. The van der Waals surface area contributed by atoms with E-state index in [0.29, 0.717) is 33.7 Å². The Morgan fingerprint density at radius 1 is 0.659 bits per heavy atom. The van der Waals surface area contributed by atoms with Gasteiger partial charge in [-0.05, 0) is 12.0 Å². The minimum absolute atomic E-state index is 0.147. The van der Waals surface area contributed by atoms with Crippen LogP contribution in [0.2, 0.25) is 0 Å². The number of benzene rings is 2. The van der Waals surface area contributed by atoms with Crippen molar-refractivity contribution in [3.8, 4) is 11.1 Å². The summed E-state index contributed by atoms with van der Waals surface area (Å²) in [7, 11) is 0. The first-order chi connectivity index (χ1) is 20.2. The predicted octanol–water partition coefficient (Wildman–Crippen LogP) is 9.56. The molecule has 0 fully saturated rings.